The minimum atomic E-state index is -4.43. The number of nitrogens with zero attached hydrogens (tertiary/aromatic N) is 3. The highest BCUT2D eigenvalue weighted by Crippen LogP contribution is 2.57. The van der Waals surface area contributed by atoms with Crippen LogP contribution in [0.4, 0.5) is 18.9 Å². The molecule has 238 valence electrons. The van der Waals surface area contributed by atoms with Crippen LogP contribution in [0.1, 0.15) is 91.2 Å². The van der Waals surface area contributed by atoms with Gasteiger partial charge < -0.3 is 19.6 Å². The van der Waals surface area contributed by atoms with Crippen molar-refractivity contribution in [2.45, 2.75) is 96.0 Å². The van der Waals surface area contributed by atoms with Crippen molar-refractivity contribution in [3.8, 4) is 17.7 Å². The molecule has 3 fully saturated rings. The second-order valence-corrected chi connectivity index (χ2v) is 14.0. The van der Waals surface area contributed by atoms with Crippen molar-refractivity contribution >= 4 is 28.9 Å². The van der Waals surface area contributed by atoms with Crippen molar-refractivity contribution in [2.75, 3.05) is 19.0 Å². The zero-order valence-corrected chi connectivity index (χ0v) is 26.3. The third-order valence-electron chi connectivity index (χ3n) is 9.08. The highest BCUT2D eigenvalue weighted by Gasteiger charge is 2.62. The first-order chi connectivity index (χ1) is 20.8. The van der Waals surface area contributed by atoms with Crippen LogP contribution >= 0.6 is 11.3 Å². The Morgan fingerprint density at radius 1 is 1.09 bits per heavy atom. The molecule has 0 aromatic carbocycles. The van der Waals surface area contributed by atoms with Crippen molar-refractivity contribution in [2.24, 2.45) is 17.3 Å². The Morgan fingerprint density at radius 2 is 1.77 bits per heavy atom. The number of thiophene rings is 1. The Bertz CT molecular complexity index is 1410. The molecule has 3 saturated carbocycles. The van der Waals surface area contributed by atoms with Gasteiger partial charge in [0.2, 0.25) is 11.8 Å². The molecule has 0 radical (unpaired) electrons. The quantitative estimate of drug-likeness (QED) is 0.312. The highest BCUT2D eigenvalue weighted by molar-refractivity contribution is 7.15. The molecule has 5 rings (SSSR count). The third-order valence-corrected chi connectivity index (χ3v) is 10.1. The van der Waals surface area contributed by atoms with Crippen LogP contribution in [0, 0.1) is 29.1 Å². The van der Waals surface area contributed by atoms with Gasteiger partial charge in [0, 0.05) is 30.8 Å². The maximum atomic E-state index is 14.2. The van der Waals surface area contributed by atoms with Crippen LogP contribution in [-0.2, 0) is 11.3 Å². The molecule has 3 aliphatic rings. The maximum Gasteiger partial charge on any atom is 0.405 e. The lowest BCUT2D eigenvalue weighted by Gasteiger charge is -2.39. The fourth-order valence-corrected chi connectivity index (χ4v) is 7.17. The van der Waals surface area contributed by atoms with Gasteiger partial charge in [-0.15, -0.1) is 11.3 Å². The van der Waals surface area contributed by atoms with Crippen molar-refractivity contribution in [1.29, 1.82) is 0 Å². The molecule has 11 heteroatoms. The fourth-order valence-electron chi connectivity index (χ4n) is 6.33. The van der Waals surface area contributed by atoms with E-state index in [0.717, 1.165) is 49.1 Å². The molecule has 0 unspecified atom stereocenters. The van der Waals surface area contributed by atoms with E-state index in [1.165, 1.54) is 6.07 Å². The molecule has 44 heavy (non-hydrogen) atoms. The van der Waals surface area contributed by atoms with Crippen LogP contribution in [0.5, 0.6) is 5.88 Å². The Balaban J connectivity index is 1.38. The topological polar surface area (TPSA) is 83.0 Å². The number of carbonyl (C=O) groups is 2. The monoisotopic (exact) mass is 631 g/mol. The van der Waals surface area contributed by atoms with E-state index in [1.54, 1.807) is 11.1 Å². The van der Waals surface area contributed by atoms with Crippen molar-refractivity contribution < 1.29 is 32.6 Å². The van der Waals surface area contributed by atoms with Gasteiger partial charge in [-0.05, 0) is 102 Å². The number of hydrogen-bond donors (Lipinski definition) is 1. The molecule has 2 aromatic heterocycles. The minimum Gasteiger partial charge on any atom is -0.477 e. The number of amides is 1. The molecule has 2 aromatic rings. The van der Waals surface area contributed by atoms with E-state index in [0.29, 0.717) is 37.5 Å². The number of carboxylic acid groups (broad SMARTS) is 1. The molecule has 3 aliphatic carbocycles. The van der Waals surface area contributed by atoms with Crippen LogP contribution in [0.2, 0.25) is 0 Å². The Kier molecular flexibility index (Phi) is 9.61. The Morgan fingerprint density at radius 3 is 2.36 bits per heavy atom. The SMILES string of the molecule is CC1CCC(C(=O)N(c2cc(C#CC3(C(F)(F)F)CC3)sc2C(=O)O)[C@H]2CC[C@H](Oc3cc(CN(C)C)ccn3)CC2)CC1. The number of carboxylic acids is 1. The number of ether oxygens (including phenoxy) is 1. The van der Waals surface area contributed by atoms with Gasteiger partial charge in [-0.25, -0.2) is 9.78 Å². The van der Waals surface area contributed by atoms with E-state index in [2.05, 4.69) is 28.6 Å². The summed E-state index contributed by atoms with van der Waals surface area (Å²) >= 11 is 0.840. The largest absolute Gasteiger partial charge is 0.477 e. The third kappa shape index (κ3) is 7.40. The lowest BCUT2D eigenvalue weighted by Crippen LogP contribution is -2.47. The minimum absolute atomic E-state index is 0.0565. The first kappa shape index (κ1) is 32.3. The number of aromatic nitrogens is 1. The summed E-state index contributed by atoms with van der Waals surface area (Å²) in [6.07, 6.45) is 2.93. The molecule has 0 atom stereocenters. The van der Waals surface area contributed by atoms with Crippen LogP contribution in [0.3, 0.4) is 0 Å². The molecule has 7 nitrogen and oxygen atoms in total. The molecule has 0 bridgehead atoms. The van der Waals surface area contributed by atoms with E-state index in [9.17, 15) is 27.9 Å². The molecule has 0 spiro atoms. The lowest BCUT2D eigenvalue weighted by atomic mass is 9.81. The van der Waals surface area contributed by atoms with E-state index < -0.39 is 17.6 Å². The molecule has 0 aliphatic heterocycles. The molecular formula is C33H40F3N3O4S. The first-order valence-corrected chi connectivity index (χ1v) is 16.2. The number of anilines is 1. The van der Waals surface area contributed by atoms with Crippen molar-refractivity contribution in [3.05, 3.63) is 39.7 Å². The van der Waals surface area contributed by atoms with Crippen molar-refractivity contribution in [3.63, 3.8) is 0 Å². The molecule has 0 saturated heterocycles. The summed E-state index contributed by atoms with van der Waals surface area (Å²) in [5.74, 6) is 4.54. The summed E-state index contributed by atoms with van der Waals surface area (Å²) in [7, 11) is 3.99. The average molecular weight is 632 g/mol. The average Bonchev–Trinajstić information content (AvgIpc) is 3.66. The van der Waals surface area contributed by atoms with Crippen LogP contribution < -0.4 is 9.64 Å². The predicted octanol–water partition coefficient (Wildman–Crippen LogP) is 7.15. The van der Waals surface area contributed by atoms with E-state index in [4.69, 9.17) is 4.74 Å². The van der Waals surface area contributed by atoms with Gasteiger partial charge in [0.25, 0.3) is 0 Å². The molecule has 1 N–H and O–H groups in total. The smallest absolute Gasteiger partial charge is 0.405 e. The predicted molar refractivity (Wildman–Crippen MR) is 163 cm³/mol. The van der Waals surface area contributed by atoms with Gasteiger partial charge in [-0.1, -0.05) is 18.8 Å². The first-order valence-electron chi connectivity index (χ1n) is 15.4. The summed E-state index contributed by atoms with van der Waals surface area (Å²) in [5.41, 5.74) is -0.684. The number of rotatable bonds is 8. The highest BCUT2D eigenvalue weighted by atomic mass is 32.1. The van der Waals surface area contributed by atoms with Crippen LogP contribution in [-0.4, -0.2) is 59.3 Å². The Labute approximate surface area is 260 Å². The van der Waals surface area contributed by atoms with Crippen molar-refractivity contribution in [1.82, 2.24) is 9.88 Å². The Hall–Kier alpha value is -3.10. The molecule has 2 heterocycles. The summed E-state index contributed by atoms with van der Waals surface area (Å²) in [6.45, 7) is 2.93. The number of alkyl halides is 3. The summed E-state index contributed by atoms with van der Waals surface area (Å²) in [6, 6.07) is 5.14. The van der Waals surface area contributed by atoms with E-state index in [1.807, 2.05) is 26.2 Å². The van der Waals surface area contributed by atoms with Gasteiger partial charge in [0.15, 0.2) is 0 Å². The second-order valence-electron chi connectivity index (χ2n) is 12.9. The summed E-state index contributed by atoms with van der Waals surface area (Å²) in [4.78, 5) is 34.8. The standard InChI is InChI=1S/C33H40F3N3O4S/c1-21-4-6-23(7-5-21)30(40)39(24-8-10-25(11-9-24)43-28-18-22(13-17-37-28)20-38(2)3)27-19-26(44-29(27)31(41)42)12-14-32(15-16-32)33(34,35)36/h13,17-19,21,23-25H,4-11,15-16,20H2,1-3H3,(H,41,42)/t21?,23?,24-,25-. The lowest BCUT2D eigenvalue weighted by molar-refractivity contribution is -0.168. The summed E-state index contributed by atoms with van der Waals surface area (Å²) in [5, 5.41) is 10.1. The van der Waals surface area contributed by atoms with E-state index >= 15 is 0 Å². The van der Waals surface area contributed by atoms with Gasteiger partial charge in [0.05, 0.1) is 10.6 Å². The molecule has 1 amide bonds. The number of aromatic carboxylic acids is 1. The van der Waals surface area contributed by atoms with Gasteiger partial charge in [-0.2, -0.15) is 13.2 Å². The number of halogens is 3. The van der Waals surface area contributed by atoms with Gasteiger partial charge in [0.1, 0.15) is 16.4 Å². The van der Waals surface area contributed by atoms with Gasteiger partial charge in [-0.3, -0.25) is 4.79 Å². The van der Waals surface area contributed by atoms with E-state index in [-0.39, 0.29) is 52.3 Å². The normalized spacial score (nSPS) is 24.7. The number of hydrogen-bond acceptors (Lipinski definition) is 6. The number of carbonyl (C=O) groups excluding carboxylic acids is 1. The molecular weight excluding hydrogens is 591 g/mol. The fraction of sp³-hybridized carbons (Fsp3) is 0.606. The maximum absolute atomic E-state index is 14.2. The zero-order chi connectivity index (χ0) is 31.6. The number of pyridine rings is 1. The second kappa shape index (κ2) is 13.1. The van der Waals surface area contributed by atoms with Gasteiger partial charge >= 0.3 is 12.1 Å². The zero-order valence-electron chi connectivity index (χ0n) is 25.5. The summed E-state index contributed by atoms with van der Waals surface area (Å²) < 4.78 is 46.7. The van der Waals surface area contributed by atoms with Crippen LogP contribution in [0.25, 0.3) is 0 Å². The van der Waals surface area contributed by atoms with Crippen LogP contribution in [0.15, 0.2) is 24.4 Å².